The van der Waals surface area contributed by atoms with Gasteiger partial charge in [-0.1, -0.05) is 35.4 Å². The van der Waals surface area contributed by atoms with Crippen molar-refractivity contribution in [1.29, 1.82) is 0 Å². The molecule has 1 aromatic carbocycles. The maximum atomic E-state index is 6.06. The lowest BCUT2D eigenvalue weighted by molar-refractivity contribution is 0.834. The third kappa shape index (κ3) is 2.45. The Bertz CT molecular complexity index is 669. The first-order valence-electron chi connectivity index (χ1n) is 6.52. The Labute approximate surface area is 133 Å². The van der Waals surface area contributed by atoms with Crippen LogP contribution in [0.5, 0.6) is 0 Å². The topological polar surface area (TPSA) is 32.3 Å². The smallest absolute Gasteiger partial charge is 0.174 e. The van der Waals surface area contributed by atoms with Gasteiger partial charge in [-0.2, -0.15) is 0 Å². The highest BCUT2D eigenvalue weighted by atomic mass is 35.5. The van der Waals surface area contributed by atoms with Crippen molar-refractivity contribution in [1.82, 2.24) is 9.97 Å². The van der Waals surface area contributed by atoms with Crippen LogP contribution in [-0.2, 0) is 0 Å². The van der Waals surface area contributed by atoms with Crippen molar-refractivity contribution >= 4 is 45.9 Å². The molecule has 6 heteroatoms. The van der Waals surface area contributed by atoms with Gasteiger partial charge in [0.1, 0.15) is 0 Å². The van der Waals surface area contributed by atoms with Crippen LogP contribution in [0.3, 0.4) is 0 Å². The van der Waals surface area contributed by atoms with Crippen molar-refractivity contribution in [3.8, 4) is 0 Å². The number of aromatic nitrogens is 2. The summed E-state index contributed by atoms with van der Waals surface area (Å²) in [5.74, 6) is 1.67. The van der Waals surface area contributed by atoms with Crippen LogP contribution >= 0.6 is 23.2 Å². The number of rotatable bonds is 4. The Hall–Kier alpha value is -1.78. The summed E-state index contributed by atoms with van der Waals surface area (Å²) in [6, 6.07) is 3.49. The summed E-state index contributed by atoms with van der Waals surface area (Å²) < 4.78 is 0. The van der Waals surface area contributed by atoms with Gasteiger partial charge >= 0.3 is 0 Å². The van der Waals surface area contributed by atoms with Gasteiger partial charge in [0.25, 0.3) is 0 Å². The molecular formula is C15H14Cl2N4. The van der Waals surface area contributed by atoms with Crippen molar-refractivity contribution in [2.24, 2.45) is 0 Å². The molecule has 0 saturated heterocycles. The molecule has 2 heterocycles. The van der Waals surface area contributed by atoms with E-state index in [1.165, 1.54) is 0 Å². The predicted octanol–water partition coefficient (Wildman–Crippen LogP) is 3.89. The molecule has 3 rings (SSSR count). The van der Waals surface area contributed by atoms with Crippen LogP contribution in [0.2, 0.25) is 10.0 Å². The van der Waals surface area contributed by atoms with E-state index in [2.05, 4.69) is 32.9 Å². The highest BCUT2D eigenvalue weighted by Crippen LogP contribution is 2.35. The van der Waals surface area contributed by atoms with Crippen LogP contribution in [0.4, 0.5) is 11.6 Å². The fourth-order valence-corrected chi connectivity index (χ4v) is 2.71. The van der Waals surface area contributed by atoms with Crippen molar-refractivity contribution < 1.29 is 0 Å². The van der Waals surface area contributed by atoms with Gasteiger partial charge in [-0.3, -0.25) is 0 Å². The average molecular weight is 321 g/mol. The van der Waals surface area contributed by atoms with Gasteiger partial charge in [-0.15, -0.1) is 13.2 Å². The molecule has 0 unspecified atom stereocenters. The van der Waals surface area contributed by atoms with Crippen LogP contribution in [0.1, 0.15) is 0 Å². The SMILES string of the molecule is C=CCN1CN(CC=C)c2nc3cc(Cl)c(Cl)cc3nc21. The van der Waals surface area contributed by atoms with Gasteiger partial charge in [-0.05, 0) is 12.1 Å². The lowest BCUT2D eigenvalue weighted by Crippen LogP contribution is -2.31. The summed E-state index contributed by atoms with van der Waals surface area (Å²) in [7, 11) is 0. The molecular weight excluding hydrogens is 307 g/mol. The van der Waals surface area contributed by atoms with Crippen LogP contribution in [0.15, 0.2) is 37.4 Å². The van der Waals surface area contributed by atoms with Crippen molar-refractivity contribution in [3.63, 3.8) is 0 Å². The fraction of sp³-hybridized carbons (Fsp3) is 0.200. The molecule has 0 radical (unpaired) electrons. The summed E-state index contributed by atoms with van der Waals surface area (Å²) in [6.45, 7) is 9.71. The number of benzene rings is 1. The van der Waals surface area contributed by atoms with E-state index >= 15 is 0 Å². The Morgan fingerprint density at radius 1 is 0.952 bits per heavy atom. The maximum Gasteiger partial charge on any atom is 0.174 e. The van der Waals surface area contributed by atoms with Crippen LogP contribution in [0, 0.1) is 0 Å². The molecule has 1 aliphatic heterocycles. The van der Waals surface area contributed by atoms with E-state index in [1.54, 1.807) is 12.1 Å². The van der Waals surface area contributed by atoms with E-state index in [0.29, 0.717) is 29.8 Å². The van der Waals surface area contributed by atoms with Crippen molar-refractivity contribution in [3.05, 3.63) is 47.5 Å². The van der Waals surface area contributed by atoms with Gasteiger partial charge in [-0.25, -0.2) is 9.97 Å². The second-order valence-corrected chi connectivity index (χ2v) is 5.60. The molecule has 1 aromatic heterocycles. The Balaban J connectivity index is 2.17. The number of hydrogen-bond donors (Lipinski definition) is 0. The zero-order chi connectivity index (χ0) is 15.0. The van der Waals surface area contributed by atoms with Gasteiger partial charge in [0.05, 0.1) is 27.7 Å². The van der Waals surface area contributed by atoms with Crippen LogP contribution in [0.25, 0.3) is 11.0 Å². The number of anilines is 2. The molecule has 0 atom stereocenters. The zero-order valence-corrected chi connectivity index (χ0v) is 12.9. The second kappa shape index (κ2) is 5.54. The van der Waals surface area contributed by atoms with Crippen molar-refractivity contribution in [2.75, 3.05) is 29.6 Å². The number of hydrogen-bond acceptors (Lipinski definition) is 4. The molecule has 0 amide bonds. The second-order valence-electron chi connectivity index (χ2n) is 4.79. The minimum atomic E-state index is 0.481. The summed E-state index contributed by atoms with van der Waals surface area (Å²) in [5.41, 5.74) is 1.47. The van der Waals surface area contributed by atoms with Gasteiger partial charge in [0.15, 0.2) is 11.6 Å². The van der Waals surface area contributed by atoms with Gasteiger partial charge in [0, 0.05) is 13.1 Å². The Morgan fingerprint density at radius 3 is 1.76 bits per heavy atom. The Kier molecular flexibility index (Phi) is 3.74. The monoisotopic (exact) mass is 320 g/mol. The molecule has 1 aliphatic rings. The molecule has 0 spiro atoms. The molecule has 0 fully saturated rings. The van der Waals surface area contributed by atoms with E-state index < -0.39 is 0 Å². The van der Waals surface area contributed by atoms with Gasteiger partial charge < -0.3 is 9.80 Å². The number of halogens is 2. The highest BCUT2D eigenvalue weighted by molar-refractivity contribution is 6.42. The fourth-order valence-electron chi connectivity index (χ4n) is 2.40. The number of nitrogens with zero attached hydrogens (tertiary/aromatic N) is 4. The van der Waals surface area contributed by atoms with E-state index in [4.69, 9.17) is 23.2 Å². The third-order valence-electron chi connectivity index (χ3n) is 3.31. The van der Waals surface area contributed by atoms with E-state index in [0.717, 1.165) is 22.7 Å². The first-order valence-corrected chi connectivity index (χ1v) is 7.28. The van der Waals surface area contributed by atoms with E-state index in [-0.39, 0.29) is 0 Å². The highest BCUT2D eigenvalue weighted by Gasteiger charge is 2.28. The van der Waals surface area contributed by atoms with Gasteiger partial charge in [0.2, 0.25) is 0 Å². The average Bonchev–Trinajstić information content (AvgIpc) is 2.77. The van der Waals surface area contributed by atoms with Crippen LogP contribution < -0.4 is 9.80 Å². The molecule has 0 N–H and O–H groups in total. The van der Waals surface area contributed by atoms with Crippen LogP contribution in [-0.4, -0.2) is 29.7 Å². The minimum absolute atomic E-state index is 0.481. The number of fused-ring (bicyclic) bond motifs is 2. The molecule has 4 nitrogen and oxygen atoms in total. The lowest BCUT2D eigenvalue weighted by atomic mass is 10.3. The summed E-state index contributed by atoms with van der Waals surface area (Å²) in [6.07, 6.45) is 3.70. The van der Waals surface area contributed by atoms with Crippen molar-refractivity contribution in [2.45, 2.75) is 0 Å². The molecule has 108 valence electrons. The standard InChI is InChI=1S/C15H14Cl2N4/c1-3-5-20-9-21(6-4-2)15-14(20)18-12-7-10(16)11(17)8-13(12)19-15/h3-4,7-8H,1-2,5-6,9H2. The maximum absolute atomic E-state index is 6.06. The quantitative estimate of drug-likeness (QED) is 0.800. The molecule has 2 aromatic rings. The molecule has 0 bridgehead atoms. The summed E-state index contributed by atoms with van der Waals surface area (Å²) >= 11 is 12.1. The zero-order valence-electron chi connectivity index (χ0n) is 11.4. The third-order valence-corrected chi connectivity index (χ3v) is 4.03. The summed E-state index contributed by atoms with van der Waals surface area (Å²) in [4.78, 5) is 13.6. The minimum Gasteiger partial charge on any atom is -0.332 e. The predicted molar refractivity (Wildman–Crippen MR) is 89.5 cm³/mol. The Morgan fingerprint density at radius 2 is 1.38 bits per heavy atom. The first-order chi connectivity index (χ1) is 10.1. The molecule has 0 aliphatic carbocycles. The lowest BCUT2D eigenvalue weighted by Gasteiger charge is -2.17. The van der Waals surface area contributed by atoms with E-state index in [9.17, 15) is 0 Å². The first kappa shape index (κ1) is 14.2. The summed E-state index contributed by atoms with van der Waals surface area (Å²) in [5, 5.41) is 0.962. The molecule has 0 saturated carbocycles. The molecule has 21 heavy (non-hydrogen) atoms. The van der Waals surface area contributed by atoms with E-state index in [1.807, 2.05) is 12.2 Å². The normalized spacial score (nSPS) is 13.6. The largest absolute Gasteiger partial charge is 0.332 e.